The zero-order valence-electron chi connectivity index (χ0n) is 14.2. The molecular weight excluding hydrogens is 570 g/mol. The van der Waals surface area contributed by atoms with Gasteiger partial charge in [-0.3, -0.25) is 0 Å². The number of carbonyl (C=O) groups excluding carboxylic acids is 1. The molecule has 0 aliphatic carbocycles. The van der Waals surface area contributed by atoms with E-state index >= 15 is 0 Å². The maximum Gasteiger partial charge on any atom is 0.338 e. The molecule has 0 aromatic heterocycles. The lowest BCUT2D eigenvalue weighted by molar-refractivity contribution is 0.0472. The number of hydrogen-bond donors (Lipinski definition) is 1. The third kappa shape index (κ3) is 5.58. The summed E-state index contributed by atoms with van der Waals surface area (Å²) in [5.41, 5.74) is 2.35. The average molecular weight is 586 g/mol. The van der Waals surface area contributed by atoms with Crippen LogP contribution in [0.15, 0.2) is 66.7 Å². The molecule has 0 aliphatic rings. The summed E-state index contributed by atoms with van der Waals surface area (Å²) in [5.74, 6) is 0.471. The van der Waals surface area contributed by atoms with Crippen molar-refractivity contribution in [3.63, 3.8) is 0 Å². The van der Waals surface area contributed by atoms with Crippen molar-refractivity contribution < 1.29 is 19.4 Å². The smallest absolute Gasteiger partial charge is 0.338 e. The third-order valence-corrected chi connectivity index (χ3v) is 5.41. The molecule has 3 aromatic carbocycles. The first-order valence-corrected chi connectivity index (χ1v) is 10.3. The third-order valence-electron chi connectivity index (χ3n) is 3.77. The largest absolute Gasteiger partial charge is 0.506 e. The van der Waals surface area contributed by atoms with E-state index in [0.29, 0.717) is 19.3 Å². The summed E-state index contributed by atoms with van der Waals surface area (Å²) < 4.78 is 12.4. The van der Waals surface area contributed by atoms with Crippen molar-refractivity contribution in [3.05, 3.63) is 90.6 Å². The van der Waals surface area contributed by atoms with Crippen molar-refractivity contribution >= 4 is 51.2 Å². The van der Waals surface area contributed by atoms with Gasteiger partial charge in [0.05, 0.1) is 12.7 Å². The van der Waals surface area contributed by atoms with Crippen molar-refractivity contribution in [2.45, 2.75) is 13.2 Å². The Morgan fingerprint density at radius 1 is 0.852 bits per heavy atom. The molecule has 0 bridgehead atoms. The first kappa shape index (κ1) is 19.9. The SMILES string of the molecule is O=C(OCc1cccc(OCc2ccccc2)c1)c1cc(I)c(O)c(I)c1. The molecule has 27 heavy (non-hydrogen) atoms. The summed E-state index contributed by atoms with van der Waals surface area (Å²) in [7, 11) is 0. The number of ether oxygens (including phenoxy) is 2. The second-order valence-corrected chi connectivity index (χ2v) is 8.11. The fourth-order valence-electron chi connectivity index (χ4n) is 2.38. The standard InChI is InChI=1S/C21H16I2O4/c22-18-10-16(11-19(23)20(18)24)21(25)27-13-15-7-4-8-17(9-15)26-12-14-5-2-1-3-6-14/h1-11,24H,12-13H2. The van der Waals surface area contributed by atoms with Crippen LogP contribution in [0.3, 0.4) is 0 Å². The molecule has 3 rings (SSSR count). The van der Waals surface area contributed by atoms with Gasteiger partial charge in [0.1, 0.15) is 24.7 Å². The van der Waals surface area contributed by atoms with Gasteiger partial charge in [0.15, 0.2) is 0 Å². The average Bonchev–Trinajstić information content (AvgIpc) is 2.69. The van der Waals surface area contributed by atoms with Crippen molar-refractivity contribution in [3.8, 4) is 11.5 Å². The van der Waals surface area contributed by atoms with Crippen LogP contribution in [0.4, 0.5) is 0 Å². The molecule has 0 aliphatic heterocycles. The summed E-state index contributed by atoms with van der Waals surface area (Å²) in [6, 6.07) is 20.6. The molecule has 0 fully saturated rings. The Balaban J connectivity index is 1.60. The van der Waals surface area contributed by atoms with Crippen LogP contribution >= 0.6 is 45.2 Å². The number of esters is 1. The van der Waals surface area contributed by atoms with Gasteiger partial charge in [-0.05, 0) is 80.6 Å². The lowest BCUT2D eigenvalue weighted by Crippen LogP contribution is -2.06. The molecule has 0 unspecified atom stereocenters. The van der Waals surface area contributed by atoms with Crippen molar-refractivity contribution in [1.29, 1.82) is 0 Å². The lowest BCUT2D eigenvalue weighted by atomic mass is 10.2. The fraction of sp³-hybridized carbons (Fsp3) is 0.0952. The molecule has 0 heterocycles. The first-order valence-electron chi connectivity index (χ1n) is 8.14. The predicted octanol–water partition coefficient (Wildman–Crippen LogP) is 5.54. The van der Waals surface area contributed by atoms with Crippen molar-refractivity contribution in [2.24, 2.45) is 0 Å². The molecule has 1 N–H and O–H groups in total. The number of carbonyl (C=O) groups is 1. The Morgan fingerprint density at radius 2 is 1.52 bits per heavy atom. The number of benzene rings is 3. The Kier molecular flexibility index (Phi) is 6.95. The van der Waals surface area contributed by atoms with E-state index in [2.05, 4.69) is 0 Å². The van der Waals surface area contributed by atoms with Gasteiger partial charge in [-0.15, -0.1) is 0 Å². The van der Waals surface area contributed by atoms with Gasteiger partial charge in [-0.1, -0.05) is 42.5 Å². The van der Waals surface area contributed by atoms with Crippen LogP contribution in [0.5, 0.6) is 11.5 Å². The monoisotopic (exact) mass is 586 g/mol. The van der Waals surface area contributed by atoms with Crippen LogP contribution in [-0.2, 0) is 18.0 Å². The van der Waals surface area contributed by atoms with Gasteiger partial charge in [0, 0.05) is 0 Å². The quantitative estimate of drug-likeness (QED) is 0.305. The van der Waals surface area contributed by atoms with Crippen LogP contribution < -0.4 is 4.74 Å². The molecule has 138 valence electrons. The molecule has 4 nitrogen and oxygen atoms in total. The van der Waals surface area contributed by atoms with E-state index in [4.69, 9.17) is 9.47 Å². The zero-order chi connectivity index (χ0) is 19.2. The number of halogens is 2. The van der Waals surface area contributed by atoms with Gasteiger partial charge in [-0.25, -0.2) is 4.79 Å². The van der Waals surface area contributed by atoms with Gasteiger partial charge in [0.25, 0.3) is 0 Å². The second kappa shape index (κ2) is 9.41. The summed E-state index contributed by atoms with van der Waals surface area (Å²) in [5, 5.41) is 9.80. The minimum Gasteiger partial charge on any atom is -0.506 e. The number of hydrogen-bond acceptors (Lipinski definition) is 4. The van der Waals surface area contributed by atoms with Gasteiger partial charge >= 0.3 is 5.97 Å². The van der Waals surface area contributed by atoms with E-state index in [-0.39, 0.29) is 12.4 Å². The summed E-state index contributed by atoms with van der Waals surface area (Å²) in [4.78, 5) is 12.3. The maximum atomic E-state index is 12.3. The highest BCUT2D eigenvalue weighted by atomic mass is 127. The van der Waals surface area contributed by atoms with Crippen molar-refractivity contribution in [1.82, 2.24) is 0 Å². The minimum absolute atomic E-state index is 0.148. The second-order valence-electron chi connectivity index (χ2n) is 5.79. The summed E-state index contributed by atoms with van der Waals surface area (Å²) >= 11 is 3.98. The molecule has 3 aromatic rings. The maximum absolute atomic E-state index is 12.3. The van der Waals surface area contributed by atoms with E-state index < -0.39 is 5.97 Å². The van der Waals surface area contributed by atoms with Crippen LogP contribution in [0.25, 0.3) is 0 Å². The zero-order valence-corrected chi connectivity index (χ0v) is 18.5. The molecule has 0 saturated carbocycles. The molecular formula is C21H16I2O4. The first-order chi connectivity index (χ1) is 13.0. The highest BCUT2D eigenvalue weighted by Crippen LogP contribution is 2.27. The van der Waals surface area contributed by atoms with E-state index in [1.54, 1.807) is 12.1 Å². The van der Waals surface area contributed by atoms with Crippen molar-refractivity contribution in [2.75, 3.05) is 0 Å². The van der Waals surface area contributed by atoms with E-state index in [1.807, 2.05) is 99.8 Å². The highest BCUT2D eigenvalue weighted by Gasteiger charge is 2.13. The normalized spacial score (nSPS) is 10.4. The summed E-state index contributed by atoms with van der Waals surface area (Å²) in [6.45, 7) is 0.629. The molecule has 6 heteroatoms. The van der Waals surface area contributed by atoms with Gasteiger partial charge in [0.2, 0.25) is 0 Å². The lowest BCUT2D eigenvalue weighted by Gasteiger charge is -2.10. The van der Waals surface area contributed by atoms with Gasteiger partial charge < -0.3 is 14.6 Å². The van der Waals surface area contributed by atoms with E-state index in [0.717, 1.165) is 16.9 Å². The highest BCUT2D eigenvalue weighted by molar-refractivity contribution is 14.1. The number of phenolic OH excluding ortho intramolecular Hbond substituents is 1. The van der Waals surface area contributed by atoms with E-state index in [1.165, 1.54) is 0 Å². The molecule has 0 radical (unpaired) electrons. The summed E-state index contributed by atoms with van der Waals surface area (Å²) in [6.07, 6.45) is 0. The van der Waals surface area contributed by atoms with Crippen LogP contribution in [0, 0.1) is 7.14 Å². The van der Waals surface area contributed by atoms with Gasteiger partial charge in [-0.2, -0.15) is 0 Å². The number of phenols is 1. The molecule has 0 amide bonds. The van der Waals surface area contributed by atoms with Crippen LogP contribution in [-0.4, -0.2) is 11.1 Å². The Bertz CT molecular complexity index is 919. The minimum atomic E-state index is -0.429. The molecule has 0 spiro atoms. The number of aromatic hydroxyl groups is 1. The fourth-order valence-corrected chi connectivity index (χ4v) is 4.15. The van der Waals surface area contributed by atoms with E-state index in [9.17, 15) is 9.90 Å². The molecule has 0 saturated heterocycles. The number of rotatable bonds is 6. The Morgan fingerprint density at radius 3 is 2.22 bits per heavy atom. The topological polar surface area (TPSA) is 55.8 Å². The predicted molar refractivity (Wildman–Crippen MR) is 120 cm³/mol. The van der Waals surface area contributed by atoms with Crippen LogP contribution in [0.1, 0.15) is 21.5 Å². The van der Waals surface area contributed by atoms with Crippen LogP contribution in [0.2, 0.25) is 0 Å². The Hall–Kier alpha value is -1.81. The molecule has 0 atom stereocenters. The Labute approximate surface area is 184 Å².